The standard InChI is InChI=1S/C16H20N4O3/c1-10-13-5-11(3-4-19(13)9-18-10)16(23)20-7-12(14(21)8-20)6-15(22)17-2/h3-5,9,12,14,21H,6-8H2,1-2H3,(H,17,22)/t12-,14-/m1/s1. The zero-order valence-corrected chi connectivity index (χ0v) is 13.2. The molecule has 3 heterocycles. The van der Waals surface area contributed by atoms with Crippen LogP contribution in [0.5, 0.6) is 0 Å². The first kappa shape index (κ1) is 15.5. The smallest absolute Gasteiger partial charge is 0.254 e. The minimum absolute atomic E-state index is 0.125. The lowest BCUT2D eigenvalue weighted by Gasteiger charge is -2.16. The summed E-state index contributed by atoms with van der Waals surface area (Å²) in [5.74, 6) is -0.481. The molecule has 1 aliphatic rings. The van der Waals surface area contributed by atoms with Gasteiger partial charge in [0.15, 0.2) is 0 Å². The second kappa shape index (κ2) is 6.00. The van der Waals surface area contributed by atoms with Gasteiger partial charge < -0.3 is 19.7 Å². The van der Waals surface area contributed by atoms with Gasteiger partial charge in [0.25, 0.3) is 5.91 Å². The molecule has 122 valence electrons. The largest absolute Gasteiger partial charge is 0.391 e. The third kappa shape index (κ3) is 2.92. The van der Waals surface area contributed by atoms with Gasteiger partial charge in [-0.05, 0) is 19.1 Å². The number of amides is 2. The quantitative estimate of drug-likeness (QED) is 0.847. The summed E-state index contributed by atoms with van der Waals surface area (Å²) in [4.78, 5) is 30.0. The number of aliphatic hydroxyl groups excluding tert-OH is 1. The number of β-amino-alcohol motifs (C(OH)–C–C–N with tert-alkyl or cyclic N) is 1. The number of imidazole rings is 1. The number of hydrogen-bond donors (Lipinski definition) is 2. The van der Waals surface area contributed by atoms with Crippen LogP contribution in [0.1, 0.15) is 22.5 Å². The van der Waals surface area contributed by atoms with E-state index in [1.54, 1.807) is 30.5 Å². The number of nitrogens with one attached hydrogen (secondary N) is 1. The van der Waals surface area contributed by atoms with E-state index in [4.69, 9.17) is 0 Å². The van der Waals surface area contributed by atoms with Gasteiger partial charge in [0.1, 0.15) is 0 Å². The van der Waals surface area contributed by atoms with Crippen molar-refractivity contribution in [2.75, 3.05) is 20.1 Å². The molecule has 1 saturated heterocycles. The van der Waals surface area contributed by atoms with Crippen molar-refractivity contribution in [3.8, 4) is 0 Å². The van der Waals surface area contributed by atoms with E-state index < -0.39 is 6.10 Å². The van der Waals surface area contributed by atoms with E-state index in [2.05, 4.69) is 10.3 Å². The highest BCUT2D eigenvalue weighted by molar-refractivity contribution is 5.95. The highest BCUT2D eigenvalue weighted by Crippen LogP contribution is 2.23. The summed E-state index contributed by atoms with van der Waals surface area (Å²) in [6, 6.07) is 3.55. The summed E-state index contributed by atoms with van der Waals surface area (Å²) in [6.45, 7) is 2.53. The maximum atomic E-state index is 12.7. The Morgan fingerprint density at radius 1 is 1.43 bits per heavy atom. The molecule has 1 fully saturated rings. The second-order valence-corrected chi connectivity index (χ2v) is 5.95. The number of carbonyl (C=O) groups excluding carboxylic acids is 2. The van der Waals surface area contributed by atoms with E-state index in [0.717, 1.165) is 11.2 Å². The molecular formula is C16H20N4O3. The molecule has 23 heavy (non-hydrogen) atoms. The summed E-state index contributed by atoms with van der Waals surface area (Å²) in [5, 5.41) is 12.6. The fourth-order valence-corrected chi connectivity index (χ4v) is 2.99. The Morgan fingerprint density at radius 2 is 2.22 bits per heavy atom. The van der Waals surface area contributed by atoms with Crippen molar-refractivity contribution in [3.05, 3.63) is 35.9 Å². The lowest BCUT2D eigenvalue weighted by atomic mass is 10.0. The number of likely N-dealkylation sites (tertiary alicyclic amines) is 1. The highest BCUT2D eigenvalue weighted by Gasteiger charge is 2.35. The van der Waals surface area contributed by atoms with Crippen LogP contribution in [0.15, 0.2) is 24.7 Å². The minimum Gasteiger partial charge on any atom is -0.391 e. The number of aliphatic hydroxyl groups is 1. The van der Waals surface area contributed by atoms with Gasteiger partial charge >= 0.3 is 0 Å². The van der Waals surface area contributed by atoms with Gasteiger partial charge in [-0.1, -0.05) is 0 Å². The summed E-state index contributed by atoms with van der Waals surface area (Å²) in [6.07, 6.45) is 3.06. The van der Waals surface area contributed by atoms with Crippen LogP contribution in [0.4, 0.5) is 0 Å². The van der Waals surface area contributed by atoms with Gasteiger partial charge in [0, 0.05) is 44.2 Å². The van der Waals surface area contributed by atoms with E-state index in [1.807, 2.05) is 17.4 Å². The Labute approximate surface area is 133 Å². The van der Waals surface area contributed by atoms with E-state index in [9.17, 15) is 14.7 Å². The van der Waals surface area contributed by atoms with Gasteiger partial charge in [-0.2, -0.15) is 0 Å². The van der Waals surface area contributed by atoms with Crippen LogP contribution in [-0.2, 0) is 4.79 Å². The molecule has 2 amide bonds. The average molecular weight is 316 g/mol. The van der Waals surface area contributed by atoms with Crippen LogP contribution in [0, 0.1) is 12.8 Å². The van der Waals surface area contributed by atoms with E-state index in [1.165, 1.54) is 0 Å². The molecule has 2 atom stereocenters. The molecule has 0 spiro atoms. The maximum Gasteiger partial charge on any atom is 0.254 e. The fraction of sp³-hybridized carbons (Fsp3) is 0.438. The van der Waals surface area contributed by atoms with Gasteiger partial charge in [0.05, 0.1) is 23.6 Å². The Kier molecular flexibility index (Phi) is 4.04. The SMILES string of the molecule is CNC(=O)C[C@@H]1CN(C(=O)c2ccn3cnc(C)c3c2)C[C@H]1O. The van der Waals surface area contributed by atoms with Crippen LogP contribution >= 0.6 is 0 Å². The summed E-state index contributed by atoms with van der Waals surface area (Å²) in [5.41, 5.74) is 2.31. The molecule has 0 radical (unpaired) electrons. The third-order valence-electron chi connectivity index (χ3n) is 4.40. The molecule has 0 bridgehead atoms. The van der Waals surface area contributed by atoms with Crippen LogP contribution in [0.2, 0.25) is 0 Å². The molecule has 7 nitrogen and oxygen atoms in total. The number of fused-ring (bicyclic) bond motifs is 1. The first-order valence-electron chi connectivity index (χ1n) is 7.61. The Balaban J connectivity index is 1.77. The third-order valence-corrected chi connectivity index (χ3v) is 4.40. The number of pyridine rings is 1. The summed E-state index contributed by atoms with van der Waals surface area (Å²) in [7, 11) is 1.57. The van der Waals surface area contributed by atoms with Crippen molar-refractivity contribution in [3.63, 3.8) is 0 Å². The number of carbonyl (C=O) groups is 2. The van der Waals surface area contributed by atoms with E-state index >= 15 is 0 Å². The summed E-state index contributed by atoms with van der Waals surface area (Å²) >= 11 is 0. The lowest BCUT2D eigenvalue weighted by Crippen LogP contribution is -2.30. The first-order valence-corrected chi connectivity index (χ1v) is 7.61. The molecule has 2 aromatic heterocycles. The monoisotopic (exact) mass is 316 g/mol. The Hall–Kier alpha value is -2.41. The zero-order valence-electron chi connectivity index (χ0n) is 13.2. The molecular weight excluding hydrogens is 296 g/mol. The highest BCUT2D eigenvalue weighted by atomic mass is 16.3. The molecule has 0 unspecified atom stereocenters. The molecule has 0 aliphatic carbocycles. The van der Waals surface area contributed by atoms with Crippen molar-refractivity contribution < 1.29 is 14.7 Å². The van der Waals surface area contributed by atoms with Crippen molar-refractivity contribution in [2.45, 2.75) is 19.4 Å². The molecule has 0 aromatic carbocycles. The molecule has 0 saturated carbocycles. The van der Waals surface area contributed by atoms with Gasteiger partial charge in [-0.25, -0.2) is 4.98 Å². The maximum absolute atomic E-state index is 12.7. The number of aryl methyl sites for hydroxylation is 1. The van der Waals surface area contributed by atoms with Gasteiger partial charge in [0.2, 0.25) is 5.91 Å². The molecule has 7 heteroatoms. The van der Waals surface area contributed by atoms with Crippen molar-refractivity contribution in [1.82, 2.24) is 19.6 Å². The fourth-order valence-electron chi connectivity index (χ4n) is 2.99. The predicted molar refractivity (Wildman–Crippen MR) is 84.0 cm³/mol. The van der Waals surface area contributed by atoms with Gasteiger partial charge in [-0.3, -0.25) is 9.59 Å². The van der Waals surface area contributed by atoms with Crippen molar-refractivity contribution >= 4 is 17.3 Å². The Bertz CT molecular complexity index is 755. The number of nitrogens with zero attached hydrogens (tertiary/aromatic N) is 3. The predicted octanol–water partition coefficient (Wildman–Crippen LogP) is 0.212. The number of hydrogen-bond acceptors (Lipinski definition) is 4. The minimum atomic E-state index is -0.670. The molecule has 2 N–H and O–H groups in total. The van der Waals surface area contributed by atoms with Crippen molar-refractivity contribution in [2.24, 2.45) is 5.92 Å². The topological polar surface area (TPSA) is 86.9 Å². The second-order valence-electron chi connectivity index (χ2n) is 5.95. The van der Waals surface area contributed by atoms with Crippen LogP contribution < -0.4 is 5.32 Å². The molecule has 3 rings (SSSR count). The number of rotatable bonds is 3. The molecule has 1 aliphatic heterocycles. The summed E-state index contributed by atoms with van der Waals surface area (Å²) < 4.78 is 1.86. The normalized spacial score (nSPS) is 20.9. The van der Waals surface area contributed by atoms with Crippen LogP contribution in [0.3, 0.4) is 0 Å². The van der Waals surface area contributed by atoms with Crippen molar-refractivity contribution in [1.29, 1.82) is 0 Å². The van der Waals surface area contributed by atoms with Crippen LogP contribution in [-0.4, -0.2) is 57.4 Å². The average Bonchev–Trinajstić information content (AvgIpc) is 3.10. The first-order chi connectivity index (χ1) is 11.0. The zero-order chi connectivity index (χ0) is 16.6. The van der Waals surface area contributed by atoms with E-state index in [0.29, 0.717) is 12.1 Å². The van der Waals surface area contributed by atoms with Crippen LogP contribution in [0.25, 0.3) is 5.52 Å². The van der Waals surface area contributed by atoms with E-state index in [-0.39, 0.29) is 30.7 Å². The lowest BCUT2D eigenvalue weighted by molar-refractivity contribution is -0.122. The Morgan fingerprint density at radius 3 is 2.96 bits per heavy atom. The molecule has 2 aromatic rings. The number of aromatic nitrogens is 2. The van der Waals surface area contributed by atoms with Gasteiger partial charge in [-0.15, -0.1) is 0 Å².